The van der Waals surface area contributed by atoms with Crippen LogP contribution in [0.3, 0.4) is 0 Å². The number of nitrogens with zero attached hydrogens (tertiary/aromatic N) is 1. The summed E-state index contributed by atoms with van der Waals surface area (Å²) in [6.45, 7) is 5.69. The van der Waals surface area contributed by atoms with Gasteiger partial charge in [0, 0.05) is 13.6 Å². The number of rotatable bonds is 4. The van der Waals surface area contributed by atoms with E-state index < -0.39 is 10.0 Å². The van der Waals surface area contributed by atoms with Gasteiger partial charge in [-0.15, -0.1) is 11.6 Å². The Morgan fingerprint density at radius 3 is 2.36 bits per heavy atom. The minimum Gasteiger partial charge on any atom is -0.211 e. The van der Waals surface area contributed by atoms with Gasteiger partial charge in [0.25, 0.3) is 0 Å². The molecule has 0 aliphatic heterocycles. The highest BCUT2D eigenvalue weighted by Crippen LogP contribution is 2.02. The van der Waals surface area contributed by atoms with Crippen LogP contribution in [-0.2, 0) is 10.0 Å². The van der Waals surface area contributed by atoms with E-state index in [1.807, 2.05) is 0 Å². The zero-order valence-electron chi connectivity index (χ0n) is 6.67. The second-order valence-corrected chi connectivity index (χ2v) is 5.09. The van der Waals surface area contributed by atoms with Crippen molar-refractivity contribution in [2.45, 2.75) is 6.92 Å². The first-order chi connectivity index (χ1) is 4.90. The molecule has 0 fully saturated rings. The molecule has 66 valence electrons. The van der Waals surface area contributed by atoms with Gasteiger partial charge in [0.05, 0.1) is 0 Å². The lowest BCUT2D eigenvalue weighted by Gasteiger charge is -2.14. The average molecular weight is 198 g/mol. The number of hydrogen-bond acceptors (Lipinski definition) is 2. The summed E-state index contributed by atoms with van der Waals surface area (Å²) in [5, 5.41) is -0.378. The number of hydrogen-bond donors (Lipinski definition) is 0. The molecule has 0 saturated heterocycles. The summed E-state index contributed by atoms with van der Waals surface area (Å²) in [4.78, 5) is 0. The van der Waals surface area contributed by atoms with Crippen LogP contribution in [0.5, 0.6) is 0 Å². The van der Waals surface area contributed by atoms with Crippen molar-refractivity contribution >= 4 is 21.6 Å². The van der Waals surface area contributed by atoms with Gasteiger partial charge >= 0.3 is 0 Å². The van der Waals surface area contributed by atoms with E-state index in [2.05, 4.69) is 6.58 Å². The van der Waals surface area contributed by atoms with Gasteiger partial charge in [-0.3, -0.25) is 0 Å². The zero-order chi connectivity index (χ0) is 9.07. The summed E-state index contributed by atoms with van der Waals surface area (Å²) in [5.74, 6) is 0. The van der Waals surface area contributed by atoms with Gasteiger partial charge in [-0.1, -0.05) is 12.2 Å². The first-order valence-corrected chi connectivity index (χ1v) is 5.19. The summed E-state index contributed by atoms with van der Waals surface area (Å²) in [7, 11) is -1.78. The predicted molar refractivity (Wildman–Crippen MR) is 47.1 cm³/mol. The van der Waals surface area contributed by atoms with E-state index in [9.17, 15) is 8.42 Å². The van der Waals surface area contributed by atoms with E-state index in [1.54, 1.807) is 6.92 Å². The predicted octanol–water partition coefficient (Wildman–Crippen LogP) is 1.02. The van der Waals surface area contributed by atoms with Gasteiger partial charge in [-0.05, 0) is 6.92 Å². The molecule has 0 amide bonds. The van der Waals surface area contributed by atoms with Crippen LogP contribution in [0, 0.1) is 0 Å². The molecule has 0 rings (SSSR count). The summed E-state index contributed by atoms with van der Waals surface area (Å²) in [6, 6.07) is 0. The molecule has 0 aromatic carbocycles. The Labute approximate surface area is 72.7 Å². The zero-order valence-corrected chi connectivity index (χ0v) is 8.24. The van der Waals surface area contributed by atoms with Crippen LogP contribution in [-0.4, -0.2) is 31.5 Å². The maximum atomic E-state index is 11.0. The lowest BCUT2D eigenvalue weighted by atomic mass is 10.4. The Morgan fingerprint density at radius 2 is 2.09 bits per heavy atom. The smallest absolute Gasteiger partial charge is 0.211 e. The Balaban J connectivity index is 4.26. The average Bonchev–Trinajstić information content (AvgIpc) is 1.86. The third-order valence-electron chi connectivity index (χ3n) is 1.11. The number of likely N-dealkylation sites (N-methyl/N-ethyl adjacent to an activating group) is 1. The van der Waals surface area contributed by atoms with Crippen LogP contribution in [0.1, 0.15) is 6.92 Å². The Kier molecular flexibility index (Phi) is 4.07. The van der Waals surface area contributed by atoms with Crippen molar-refractivity contribution in [1.82, 2.24) is 4.31 Å². The van der Waals surface area contributed by atoms with Crippen molar-refractivity contribution in [3.05, 3.63) is 12.2 Å². The van der Waals surface area contributed by atoms with Crippen LogP contribution in [0.25, 0.3) is 0 Å². The van der Waals surface area contributed by atoms with Crippen molar-refractivity contribution in [3.8, 4) is 0 Å². The molecule has 0 heterocycles. The molecule has 3 nitrogen and oxygen atoms in total. The van der Waals surface area contributed by atoms with Crippen molar-refractivity contribution in [2.24, 2.45) is 0 Å². The maximum Gasteiger partial charge on any atom is 0.228 e. The second kappa shape index (κ2) is 4.09. The quantitative estimate of drug-likeness (QED) is 0.499. The molecular weight excluding hydrogens is 186 g/mol. The van der Waals surface area contributed by atoms with Crippen molar-refractivity contribution in [3.63, 3.8) is 0 Å². The molecule has 0 aromatic heterocycles. The fraction of sp³-hybridized carbons (Fsp3) is 0.667. The standard InChI is InChI=1S/C6H12ClNO2S/c1-6(2)4-8(3)11(9,10)5-7/h1,4-5H2,2-3H3. The van der Waals surface area contributed by atoms with Gasteiger partial charge in [-0.2, -0.15) is 4.31 Å². The largest absolute Gasteiger partial charge is 0.228 e. The highest BCUT2D eigenvalue weighted by atomic mass is 35.5. The van der Waals surface area contributed by atoms with Crippen molar-refractivity contribution in [2.75, 3.05) is 18.8 Å². The van der Waals surface area contributed by atoms with Crippen LogP contribution in [0.2, 0.25) is 0 Å². The molecule has 0 N–H and O–H groups in total. The molecule has 0 atom stereocenters. The number of alkyl halides is 1. The lowest BCUT2D eigenvalue weighted by Crippen LogP contribution is -2.28. The minimum atomic E-state index is -3.26. The van der Waals surface area contributed by atoms with Gasteiger partial charge in [0.2, 0.25) is 10.0 Å². The molecule has 0 radical (unpaired) electrons. The molecule has 0 aromatic rings. The van der Waals surface area contributed by atoms with Crippen molar-refractivity contribution < 1.29 is 8.42 Å². The molecule has 0 aliphatic rings. The SMILES string of the molecule is C=C(C)CN(C)S(=O)(=O)CCl. The van der Waals surface area contributed by atoms with Crippen LogP contribution >= 0.6 is 11.6 Å². The molecule has 0 saturated carbocycles. The molecule has 0 bridgehead atoms. The third kappa shape index (κ3) is 3.74. The molecule has 5 heteroatoms. The summed E-state index contributed by atoms with van der Waals surface area (Å²) in [5.41, 5.74) is 0.793. The molecule has 0 spiro atoms. The van der Waals surface area contributed by atoms with E-state index in [4.69, 9.17) is 11.6 Å². The van der Waals surface area contributed by atoms with E-state index in [0.29, 0.717) is 6.54 Å². The number of halogens is 1. The molecular formula is C6H12ClNO2S. The summed E-state index contributed by atoms with van der Waals surface area (Å²) in [6.07, 6.45) is 0. The third-order valence-corrected chi connectivity index (χ3v) is 3.29. The normalized spacial score (nSPS) is 12.0. The summed E-state index contributed by atoms with van der Waals surface area (Å²) < 4.78 is 23.2. The van der Waals surface area contributed by atoms with Gasteiger partial charge < -0.3 is 0 Å². The van der Waals surface area contributed by atoms with Gasteiger partial charge in [0.1, 0.15) is 5.21 Å². The second-order valence-electron chi connectivity index (χ2n) is 2.43. The van der Waals surface area contributed by atoms with Gasteiger partial charge in [-0.25, -0.2) is 8.42 Å². The van der Waals surface area contributed by atoms with E-state index in [1.165, 1.54) is 11.4 Å². The van der Waals surface area contributed by atoms with Crippen LogP contribution < -0.4 is 0 Å². The fourth-order valence-corrected chi connectivity index (χ4v) is 1.65. The van der Waals surface area contributed by atoms with Crippen LogP contribution in [0.4, 0.5) is 0 Å². The Bertz CT molecular complexity index is 235. The van der Waals surface area contributed by atoms with Gasteiger partial charge in [0.15, 0.2) is 0 Å². The first kappa shape index (κ1) is 10.9. The minimum absolute atomic E-state index is 0.328. The molecule has 0 aliphatic carbocycles. The molecule has 11 heavy (non-hydrogen) atoms. The lowest BCUT2D eigenvalue weighted by molar-refractivity contribution is 0.497. The topological polar surface area (TPSA) is 37.4 Å². The van der Waals surface area contributed by atoms with E-state index in [-0.39, 0.29) is 5.21 Å². The van der Waals surface area contributed by atoms with E-state index in [0.717, 1.165) is 5.57 Å². The highest BCUT2D eigenvalue weighted by Gasteiger charge is 2.15. The fourth-order valence-electron chi connectivity index (χ4n) is 0.562. The van der Waals surface area contributed by atoms with E-state index >= 15 is 0 Å². The number of sulfonamides is 1. The monoisotopic (exact) mass is 197 g/mol. The first-order valence-electron chi connectivity index (χ1n) is 3.04. The molecule has 0 unspecified atom stereocenters. The highest BCUT2D eigenvalue weighted by molar-refractivity contribution is 7.90. The summed E-state index contributed by atoms with van der Waals surface area (Å²) >= 11 is 5.21. The van der Waals surface area contributed by atoms with Crippen LogP contribution in [0.15, 0.2) is 12.2 Å². The van der Waals surface area contributed by atoms with Crippen molar-refractivity contribution in [1.29, 1.82) is 0 Å². The Hall–Kier alpha value is -0.0600. The maximum absolute atomic E-state index is 11.0. The Morgan fingerprint density at radius 1 is 1.64 bits per heavy atom.